The van der Waals surface area contributed by atoms with E-state index in [1.54, 1.807) is 0 Å². The lowest BCUT2D eigenvalue weighted by Crippen LogP contribution is -2.29. The summed E-state index contributed by atoms with van der Waals surface area (Å²) in [7, 11) is -4.36. The van der Waals surface area contributed by atoms with E-state index in [2.05, 4.69) is 55.5 Å². The largest absolute Gasteiger partial charge is 0.472 e. The van der Waals surface area contributed by atoms with Crippen LogP contribution in [0.5, 0.6) is 0 Å². The van der Waals surface area contributed by atoms with E-state index in [4.69, 9.17) is 24.3 Å². The van der Waals surface area contributed by atoms with Crippen molar-refractivity contribution in [1.29, 1.82) is 0 Å². The van der Waals surface area contributed by atoms with Crippen molar-refractivity contribution in [2.24, 2.45) is 5.73 Å². The van der Waals surface area contributed by atoms with Crippen molar-refractivity contribution in [1.82, 2.24) is 0 Å². The van der Waals surface area contributed by atoms with Crippen LogP contribution in [0.15, 0.2) is 48.6 Å². The van der Waals surface area contributed by atoms with E-state index < -0.39 is 32.5 Å². The highest BCUT2D eigenvalue weighted by molar-refractivity contribution is 7.47. The molecule has 0 spiro atoms. The summed E-state index contributed by atoms with van der Waals surface area (Å²) in [6, 6.07) is 0. The number of ether oxygens (including phenoxy) is 2. The van der Waals surface area contributed by atoms with Crippen LogP contribution in [0.1, 0.15) is 117 Å². The van der Waals surface area contributed by atoms with Crippen molar-refractivity contribution in [3.05, 3.63) is 48.6 Å². The Kier molecular flexibility index (Phi) is 28.6. The third-order valence-electron chi connectivity index (χ3n) is 6.23. The molecular weight excluding hydrogens is 569 g/mol. The number of hydrogen-bond donors (Lipinski definition) is 2. The highest BCUT2D eigenvalue weighted by Gasteiger charge is 2.25. The van der Waals surface area contributed by atoms with Gasteiger partial charge in [0, 0.05) is 19.4 Å². The molecule has 2 unspecified atom stereocenters. The molecule has 0 saturated heterocycles. The molecule has 0 aliphatic rings. The van der Waals surface area contributed by atoms with Gasteiger partial charge in [-0.15, -0.1) is 0 Å². The van der Waals surface area contributed by atoms with Gasteiger partial charge in [-0.2, -0.15) is 0 Å². The quantitative estimate of drug-likeness (QED) is 0.0366. The maximum atomic E-state index is 12.4. The minimum atomic E-state index is -4.36. The van der Waals surface area contributed by atoms with E-state index in [-0.39, 0.29) is 32.6 Å². The van der Waals surface area contributed by atoms with Gasteiger partial charge in [0.2, 0.25) is 0 Å². The Bertz CT molecular complexity index is 856. The van der Waals surface area contributed by atoms with Crippen LogP contribution in [0.4, 0.5) is 0 Å². The van der Waals surface area contributed by atoms with E-state index in [9.17, 15) is 19.0 Å². The van der Waals surface area contributed by atoms with Gasteiger partial charge in [-0.3, -0.25) is 18.6 Å². The molecule has 0 radical (unpaired) electrons. The Labute approximate surface area is 260 Å². The second-order valence-electron chi connectivity index (χ2n) is 10.3. The summed E-state index contributed by atoms with van der Waals surface area (Å²) in [6.45, 7) is 3.37. The number of hydrogen-bond acceptors (Lipinski definition) is 8. The molecule has 0 heterocycles. The number of esters is 2. The third-order valence-corrected chi connectivity index (χ3v) is 7.21. The zero-order valence-electron chi connectivity index (χ0n) is 26.7. The second-order valence-corrected chi connectivity index (χ2v) is 11.8. The van der Waals surface area contributed by atoms with Crippen molar-refractivity contribution >= 4 is 19.8 Å². The highest BCUT2D eigenvalue weighted by atomic mass is 31.2. The van der Waals surface area contributed by atoms with Crippen molar-refractivity contribution in [3.63, 3.8) is 0 Å². The van der Waals surface area contributed by atoms with Gasteiger partial charge in [0.25, 0.3) is 0 Å². The SMILES string of the molecule is CC/C=C\C/C=C\C/C=C\C/C=C\CCCCCCCCC(=O)OC(COC(=O)CCCCC)COP(=O)(O)OCCN. The Balaban J connectivity index is 4.12. The van der Waals surface area contributed by atoms with E-state index in [0.717, 1.165) is 77.0 Å². The fraction of sp³-hybridized carbons (Fsp3) is 0.697. The molecule has 9 nitrogen and oxygen atoms in total. The van der Waals surface area contributed by atoms with E-state index in [1.807, 2.05) is 6.92 Å². The first-order valence-corrected chi connectivity index (χ1v) is 17.6. The maximum absolute atomic E-state index is 12.4. The Morgan fingerprint density at radius 3 is 1.91 bits per heavy atom. The molecule has 0 aliphatic heterocycles. The van der Waals surface area contributed by atoms with Crippen LogP contribution >= 0.6 is 7.82 Å². The van der Waals surface area contributed by atoms with Crippen molar-refractivity contribution in [2.45, 2.75) is 123 Å². The summed E-state index contributed by atoms with van der Waals surface area (Å²) in [6.07, 6.45) is 30.9. The summed E-state index contributed by atoms with van der Waals surface area (Å²) in [5.41, 5.74) is 5.28. The maximum Gasteiger partial charge on any atom is 0.472 e. The molecule has 0 bridgehead atoms. The monoisotopic (exact) mass is 627 g/mol. The summed E-state index contributed by atoms with van der Waals surface area (Å²) in [5.74, 6) is -0.881. The van der Waals surface area contributed by atoms with Gasteiger partial charge in [0.1, 0.15) is 6.61 Å². The van der Waals surface area contributed by atoms with Gasteiger partial charge in [0.15, 0.2) is 6.10 Å². The number of phosphoric ester groups is 1. The second kappa shape index (κ2) is 30.0. The molecule has 0 amide bonds. The average Bonchev–Trinajstić information content (AvgIpc) is 2.98. The highest BCUT2D eigenvalue weighted by Crippen LogP contribution is 2.43. The zero-order chi connectivity index (χ0) is 31.9. The first-order valence-electron chi connectivity index (χ1n) is 16.1. The Morgan fingerprint density at radius 1 is 0.721 bits per heavy atom. The third kappa shape index (κ3) is 29.8. The molecule has 0 rings (SSSR count). The average molecular weight is 628 g/mol. The molecule has 248 valence electrons. The number of unbranched alkanes of at least 4 members (excludes halogenated alkanes) is 8. The minimum absolute atomic E-state index is 0.0486. The molecule has 0 saturated carbocycles. The van der Waals surface area contributed by atoms with Crippen LogP contribution in [0, 0.1) is 0 Å². The number of phosphoric acid groups is 1. The summed E-state index contributed by atoms with van der Waals surface area (Å²) in [4.78, 5) is 34.1. The fourth-order valence-electron chi connectivity index (χ4n) is 3.86. The number of carbonyl (C=O) groups is 2. The van der Waals surface area contributed by atoms with Crippen LogP contribution in [0.2, 0.25) is 0 Å². The molecule has 10 heteroatoms. The minimum Gasteiger partial charge on any atom is -0.462 e. The molecule has 0 aromatic rings. The first kappa shape index (κ1) is 41.0. The van der Waals surface area contributed by atoms with E-state index in [0.29, 0.717) is 12.8 Å². The van der Waals surface area contributed by atoms with Gasteiger partial charge >= 0.3 is 19.8 Å². The molecule has 0 aliphatic carbocycles. The lowest BCUT2D eigenvalue weighted by Gasteiger charge is -2.19. The van der Waals surface area contributed by atoms with Crippen molar-refractivity contribution in [3.8, 4) is 0 Å². The van der Waals surface area contributed by atoms with Gasteiger partial charge in [0.05, 0.1) is 13.2 Å². The fourth-order valence-corrected chi connectivity index (χ4v) is 4.62. The van der Waals surface area contributed by atoms with Gasteiger partial charge in [-0.05, 0) is 51.4 Å². The summed E-state index contributed by atoms with van der Waals surface area (Å²) >= 11 is 0. The topological polar surface area (TPSA) is 134 Å². The molecule has 43 heavy (non-hydrogen) atoms. The van der Waals surface area contributed by atoms with E-state index >= 15 is 0 Å². The van der Waals surface area contributed by atoms with Gasteiger partial charge in [-0.25, -0.2) is 4.57 Å². The number of rotatable bonds is 29. The van der Waals surface area contributed by atoms with Gasteiger partial charge in [-0.1, -0.05) is 101 Å². The number of nitrogens with two attached hydrogens (primary N) is 1. The van der Waals surface area contributed by atoms with Crippen LogP contribution in [-0.4, -0.2) is 49.3 Å². The van der Waals surface area contributed by atoms with E-state index in [1.165, 1.54) is 0 Å². The van der Waals surface area contributed by atoms with Crippen LogP contribution in [0.3, 0.4) is 0 Å². The lowest BCUT2D eigenvalue weighted by molar-refractivity contribution is -0.161. The summed E-state index contributed by atoms with van der Waals surface area (Å²) in [5, 5.41) is 0. The molecule has 0 fully saturated rings. The lowest BCUT2D eigenvalue weighted by atomic mass is 10.1. The number of carbonyl (C=O) groups excluding carboxylic acids is 2. The van der Waals surface area contributed by atoms with Gasteiger partial charge < -0.3 is 20.1 Å². The predicted molar refractivity (Wildman–Crippen MR) is 173 cm³/mol. The van der Waals surface area contributed by atoms with Crippen LogP contribution < -0.4 is 5.73 Å². The normalized spacial score (nSPS) is 14.2. The Hall–Kier alpha value is -2.03. The smallest absolute Gasteiger partial charge is 0.462 e. The van der Waals surface area contributed by atoms with Crippen LogP contribution in [-0.2, 0) is 32.7 Å². The molecule has 0 aromatic heterocycles. The first-order chi connectivity index (χ1) is 20.8. The molecular formula is C33H58NO8P. The summed E-state index contributed by atoms with van der Waals surface area (Å²) < 4.78 is 32.2. The molecule has 2 atom stereocenters. The van der Waals surface area contributed by atoms with Crippen molar-refractivity contribution in [2.75, 3.05) is 26.4 Å². The standard InChI is InChI=1S/C33H58NO8P/c1-3-5-7-8-9-10-11-12-13-14-15-16-17-18-19-20-21-22-24-26-33(36)42-31(29-39-32(35)25-23-6-4-2)30-41-43(37,38)40-28-27-34/h5,7,9-10,12-13,15-16,31H,3-4,6,8,11,14,17-30,34H2,1-2H3,(H,37,38)/b7-5-,10-9-,13-12-,16-15-. The molecule has 0 aromatic carbocycles. The van der Waals surface area contributed by atoms with Crippen molar-refractivity contribution < 1.29 is 37.6 Å². The zero-order valence-corrected chi connectivity index (χ0v) is 27.6. The Morgan fingerprint density at radius 2 is 1.28 bits per heavy atom. The number of allylic oxidation sites excluding steroid dienone is 8. The van der Waals surface area contributed by atoms with Crippen LogP contribution in [0.25, 0.3) is 0 Å². The predicted octanol–water partition coefficient (Wildman–Crippen LogP) is 8.04. The molecule has 3 N–H and O–H groups in total.